The third kappa shape index (κ3) is 12.5. The summed E-state index contributed by atoms with van der Waals surface area (Å²) in [6.07, 6.45) is 1.26. The minimum atomic E-state index is -0.341. The number of pyridine rings is 1. The molecule has 3 aromatic rings. The zero-order valence-electron chi connectivity index (χ0n) is 32.4. The molecule has 1 unspecified atom stereocenters. The first-order chi connectivity index (χ1) is 26.3. The number of hydrogen-bond acceptors (Lipinski definition) is 11. The molecule has 1 atom stereocenters. The molecule has 15 heteroatoms. The number of carbonyl (C=O) groups is 2. The maximum atomic E-state index is 13.7. The number of aromatic amines is 1. The zero-order valence-corrected chi connectivity index (χ0v) is 32.4. The normalized spacial score (nSPS) is 14.1. The van der Waals surface area contributed by atoms with E-state index < -0.39 is 0 Å². The number of amides is 2. The van der Waals surface area contributed by atoms with Crippen LogP contribution in [0.15, 0.2) is 35.1 Å². The van der Waals surface area contributed by atoms with E-state index in [4.69, 9.17) is 37.9 Å². The van der Waals surface area contributed by atoms with Crippen molar-refractivity contribution >= 4 is 22.9 Å². The molecule has 1 saturated heterocycles. The van der Waals surface area contributed by atoms with Gasteiger partial charge < -0.3 is 57.7 Å². The number of benzene rings is 1. The summed E-state index contributed by atoms with van der Waals surface area (Å²) in [6, 6.07) is 9.69. The molecule has 1 fully saturated rings. The van der Waals surface area contributed by atoms with Gasteiger partial charge in [-0.2, -0.15) is 0 Å². The van der Waals surface area contributed by atoms with Crippen LogP contribution in [0.4, 0.5) is 4.79 Å². The zero-order chi connectivity index (χ0) is 38.7. The Hall–Kier alpha value is -3.99. The van der Waals surface area contributed by atoms with Crippen molar-refractivity contribution in [2.45, 2.75) is 46.2 Å². The molecule has 0 saturated carbocycles. The highest BCUT2D eigenvalue weighted by atomic mass is 16.6. The number of H-pyrrole nitrogens is 1. The maximum absolute atomic E-state index is 13.7. The lowest BCUT2D eigenvalue weighted by Crippen LogP contribution is -2.40. The van der Waals surface area contributed by atoms with E-state index in [0.29, 0.717) is 102 Å². The Morgan fingerprint density at radius 3 is 1.96 bits per heavy atom. The number of nitrogens with zero attached hydrogens (tertiary/aromatic N) is 2. The number of methoxy groups -OCH3 is 2. The molecule has 2 N–H and O–H groups in total. The molecule has 0 aliphatic carbocycles. The predicted molar refractivity (Wildman–Crippen MR) is 203 cm³/mol. The van der Waals surface area contributed by atoms with Crippen LogP contribution >= 0.6 is 0 Å². The molecule has 4 rings (SSSR count). The monoisotopic (exact) mass is 758 g/mol. The first-order valence-corrected chi connectivity index (χ1v) is 18.7. The molecular formula is C39H58N4O11. The van der Waals surface area contributed by atoms with Gasteiger partial charge in [0.1, 0.15) is 12.4 Å². The molecule has 2 amide bonds. The minimum absolute atomic E-state index is 0.0304. The molecule has 15 nitrogen and oxygen atoms in total. The fourth-order valence-electron chi connectivity index (χ4n) is 6.67. The van der Waals surface area contributed by atoms with Crippen molar-refractivity contribution < 1.29 is 47.5 Å². The number of hydrogen-bond donors (Lipinski definition) is 2. The Bertz CT molecular complexity index is 1650. The van der Waals surface area contributed by atoms with E-state index in [1.165, 1.54) is 7.11 Å². The summed E-state index contributed by atoms with van der Waals surface area (Å²) in [5.74, 6) is 0.459. The van der Waals surface area contributed by atoms with Gasteiger partial charge in [-0.15, -0.1) is 0 Å². The van der Waals surface area contributed by atoms with Crippen LogP contribution in [0.1, 0.15) is 53.1 Å². The Balaban J connectivity index is 1.13. The number of likely N-dealkylation sites (tertiary alicyclic amines) is 1. The van der Waals surface area contributed by atoms with E-state index in [1.807, 2.05) is 31.2 Å². The smallest absolute Gasteiger partial charge is 0.409 e. The number of nitrogens with one attached hydrogen (secondary N) is 2. The Labute approximate surface area is 317 Å². The van der Waals surface area contributed by atoms with E-state index in [0.717, 1.165) is 29.4 Å². The van der Waals surface area contributed by atoms with Crippen molar-refractivity contribution in [1.29, 1.82) is 0 Å². The molecule has 54 heavy (non-hydrogen) atoms. The first kappa shape index (κ1) is 42.7. The number of ether oxygens (including phenoxy) is 8. The van der Waals surface area contributed by atoms with Gasteiger partial charge in [0.2, 0.25) is 0 Å². The minimum Gasteiger partial charge on any atom is -0.496 e. The summed E-state index contributed by atoms with van der Waals surface area (Å²) in [4.78, 5) is 43.6. The fourth-order valence-corrected chi connectivity index (χ4v) is 6.67. The summed E-state index contributed by atoms with van der Waals surface area (Å²) >= 11 is 0. The van der Waals surface area contributed by atoms with Crippen molar-refractivity contribution in [3.63, 3.8) is 0 Å². The molecule has 0 spiro atoms. The largest absolute Gasteiger partial charge is 0.496 e. The van der Waals surface area contributed by atoms with E-state index >= 15 is 0 Å². The van der Waals surface area contributed by atoms with Crippen molar-refractivity contribution in [2.24, 2.45) is 5.92 Å². The van der Waals surface area contributed by atoms with Gasteiger partial charge in [0.15, 0.2) is 0 Å². The fraction of sp³-hybridized carbons (Fsp3) is 0.615. The molecule has 2 aromatic heterocycles. The van der Waals surface area contributed by atoms with E-state index in [-0.39, 0.29) is 49.3 Å². The molecule has 1 aromatic carbocycles. The summed E-state index contributed by atoms with van der Waals surface area (Å²) < 4.78 is 45.3. The Morgan fingerprint density at radius 2 is 1.39 bits per heavy atom. The van der Waals surface area contributed by atoms with Crippen LogP contribution in [-0.4, -0.2) is 133 Å². The van der Waals surface area contributed by atoms with Gasteiger partial charge in [-0.25, -0.2) is 4.79 Å². The molecule has 3 heterocycles. The number of para-hydroxylation sites is 1. The van der Waals surface area contributed by atoms with Gasteiger partial charge in [0.05, 0.1) is 97.5 Å². The summed E-state index contributed by atoms with van der Waals surface area (Å²) in [5.41, 5.74) is 3.15. The number of fused-ring (bicyclic) bond motifs is 1. The summed E-state index contributed by atoms with van der Waals surface area (Å²) in [7, 11) is 3.14. The second kappa shape index (κ2) is 23.0. The van der Waals surface area contributed by atoms with Crippen LogP contribution in [0, 0.1) is 19.8 Å². The van der Waals surface area contributed by atoms with Crippen LogP contribution in [0.25, 0.3) is 10.9 Å². The highest BCUT2D eigenvalue weighted by Gasteiger charge is 2.31. The summed E-state index contributed by atoms with van der Waals surface area (Å²) in [6.45, 7) is 12.5. The highest BCUT2D eigenvalue weighted by molar-refractivity contribution is 6.08. The maximum Gasteiger partial charge on any atom is 0.409 e. The molecule has 0 radical (unpaired) electrons. The number of aromatic nitrogens is 2. The SMILES string of the molecule is COCCOCCOCCOCCOCCOCCOC(=O)N1CCC(C(C)n2c(C)c(C(=O)NCc3c(OC)cc(C)[nH]c3=O)c3ccccc32)CC1. The lowest BCUT2D eigenvalue weighted by atomic mass is 9.90. The average Bonchev–Trinajstić information content (AvgIpc) is 3.47. The lowest BCUT2D eigenvalue weighted by Gasteiger charge is -2.35. The second-order valence-electron chi connectivity index (χ2n) is 13.1. The number of aryl methyl sites for hydroxylation is 1. The van der Waals surface area contributed by atoms with Gasteiger partial charge in [-0.3, -0.25) is 9.59 Å². The van der Waals surface area contributed by atoms with Crippen LogP contribution in [0.2, 0.25) is 0 Å². The van der Waals surface area contributed by atoms with Crippen molar-refractivity contribution in [3.8, 4) is 5.75 Å². The van der Waals surface area contributed by atoms with Gasteiger partial charge in [0.25, 0.3) is 11.5 Å². The molecule has 1 aliphatic rings. The predicted octanol–water partition coefficient (Wildman–Crippen LogP) is 4.02. The Morgan fingerprint density at radius 1 is 0.833 bits per heavy atom. The third-order valence-electron chi connectivity index (χ3n) is 9.52. The van der Waals surface area contributed by atoms with Gasteiger partial charge >= 0.3 is 6.09 Å². The topological polar surface area (TPSA) is 161 Å². The lowest BCUT2D eigenvalue weighted by molar-refractivity contribution is -0.0176. The summed E-state index contributed by atoms with van der Waals surface area (Å²) in [5, 5.41) is 3.79. The molecule has 1 aliphatic heterocycles. The van der Waals surface area contributed by atoms with Gasteiger partial charge in [0, 0.05) is 48.5 Å². The van der Waals surface area contributed by atoms with Crippen LogP contribution in [0.5, 0.6) is 5.75 Å². The van der Waals surface area contributed by atoms with Gasteiger partial charge in [-0.1, -0.05) is 18.2 Å². The van der Waals surface area contributed by atoms with E-state index in [1.54, 1.807) is 25.0 Å². The number of carbonyl (C=O) groups excluding carboxylic acids is 2. The van der Waals surface area contributed by atoms with Gasteiger partial charge in [-0.05, 0) is 51.7 Å². The molecular weight excluding hydrogens is 700 g/mol. The van der Waals surface area contributed by atoms with Crippen molar-refractivity contribution in [3.05, 3.63) is 63.2 Å². The van der Waals surface area contributed by atoms with Crippen LogP contribution in [0.3, 0.4) is 0 Å². The average molecular weight is 759 g/mol. The highest BCUT2D eigenvalue weighted by Crippen LogP contribution is 2.36. The quantitative estimate of drug-likeness (QED) is 0.127. The number of piperidine rings is 1. The van der Waals surface area contributed by atoms with Crippen molar-refractivity contribution in [2.75, 3.05) is 107 Å². The first-order valence-electron chi connectivity index (χ1n) is 18.7. The number of rotatable bonds is 24. The Kier molecular flexibility index (Phi) is 18.2. The molecule has 0 bridgehead atoms. The van der Waals surface area contributed by atoms with E-state index in [9.17, 15) is 14.4 Å². The molecule has 300 valence electrons. The van der Waals surface area contributed by atoms with E-state index in [2.05, 4.69) is 21.8 Å². The van der Waals surface area contributed by atoms with Crippen LogP contribution in [-0.2, 0) is 39.7 Å². The van der Waals surface area contributed by atoms with Crippen molar-refractivity contribution in [1.82, 2.24) is 19.8 Å². The standard InChI is InChI=1S/C39H58N4O11/c1-28-26-35(48-5)33(37(44)41-28)27-40-38(45)36-30(3)43(34-9-7-6-8-32(34)36)29(2)31-10-12-42(13-11-31)39(46)54-25-24-53-23-22-52-21-20-51-19-18-50-17-16-49-15-14-47-4/h6-9,26,29,31H,10-25,27H2,1-5H3,(H,40,45)(H,41,44). The second-order valence-corrected chi connectivity index (χ2v) is 13.1. The third-order valence-corrected chi connectivity index (χ3v) is 9.52. The van der Waals surface area contributed by atoms with Crippen LogP contribution < -0.4 is 15.6 Å².